The highest BCUT2D eigenvalue weighted by atomic mass is 16.7. The number of esters is 2. The zero-order chi connectivity index (χ0) is 27.9. The highest BCUT2D eigenvalue weighted by molar-refractivity contribution is 5.99. The van der Waals surface area contributed by atoms with Gasteiger partial charge in [0.2, 0.25) is 5.91 Å². The van der Waals surface area contributed by atoms with Crippen molar-refractivity contribution in [2.45, 2.75) is 52.4 Å². The average molecular weight is 519 g/mol. The monoisotopic (exact) mass is 518 g/mol. The summed E-state index contributed by atoms with van der Waals surface area (Å²) in [7, 11) is 2.44. The third-order valence-corrected chi connectivity index (χ3v) is 5.77. The number of β-lactam (4-membered cyclic amide) rings is 1. The van der Waals surface area contributed by atoms with Crippen LogP contribution in [0.25, 0.3) is 0 Å². The molecular weight excluding hydrogens is 488 g/mol. The molecule has 1 heterocycles. The fourth-order valence-electron chi connectivity index (χ4n) is 3.97. The van der Waals surface area contributed by atoms with Gasteiger partial charge in [-0.25, -0.2) is 9.59 Å². The van der Waals surface area contributed by atoms with E-state index in [1.807, 2.05) is 0 Å². The summed E-state index contributed by atoms with van der Waals surface area (Å²) < 4.78 is 19.9. The van der Waals surface area contributed by atoms with Crippen LogP contribution in [0.4, 0.5) is 10.5 Å². The van der Waals surface area contributed by atoms with Crippen molar-refractivity contribution in [1.82, 2.24) is 4.90 Å². The van der Waals surface area contributed by atoms with Gasteiger partial charge in [0.1, 0.15) is 18.4 Å². The molecule has 0 aromatic heterocycles. The molecule has 0 spiro atoms. The highest BCUT2D eigenvalue weighted by Gasteiger charge is 2.54. The second-order valence-electron chi connectivity index (χ2n) is 8.63. The molecule has 0 bridgehead atoms. The van der Waals surface area contributed by atoms with Crippen LogP contribution in [-0.4, -0.2) is 60.2 Å². The zero-order valence-electron chi connectivity index (χ0n) is 21.3. The van der Waals surface area contributed by atoms with E-state index in [4.69, 9.17) is 14.2 Å². The number of rotatable bonds is 11. The summed E-state index contributed by atoms with van der Waals surface area (Å²) in [5.41, 5.74) is 1.47. The van der Waals surface area contributed by atoms with Crippen LogP contribution in [0.5, 0.6) is 0 Å². The predicted molar refractivity (Wildman–Crippen MR) is 129 cm³/mol. The Kier molecular flexibility index (Phi) is 9.92. The van der Waals surface area contributed by atoms with Crippen LogP contribution in [0.2, 0.25) is 0 Å². The van der Waals surface area contributed by atoms with Gasteiger partial charge >= 0.3 is 18.1 Å². The van der Waals surface area contributed by atoms with Crippen LogP contribution in [0, 0.1) is 16.0 Å². The van der Waals surface area contributed by atoms with Gasteiger partial charge in [-0.3, -0.25) is 19.7 Å². The molecule has 200 valence electrons. The Balaban J connectivity index is 2.14. The van der Waals surface area contributed by atoms with E-state index in [-0.39, 0.29) is 30.8 Å². The summed E-state index contributed by atoms with van der Waals surface area (Å²) in [6.07, 6.45) is -1.93. The van der Waals surface area contributed by atoms with Gasteiger partial charge < -0.3 is 23.8 Å². The minimum atomic E-state index is -1.04. The summed E-state index contributed by atoms with van der Waals surface area (Å²) in [5, 5.41) is 10.8. The number of non-ortho nitro benzene ring substituents is 1. The highest BCUT2D eigenvalue weighted by Crippen LogP contribution is 2.39. The van der Waals surface area contributed by atoms with Gasteiger partial charge in [0, 0.05) is 12.1 Å². The Morgan fingerprint density at radius 2 is 1.76 bits per heavy atom. The summed E-state index contributed by atoms with van der Waals surface area (Å²) in [6, 6.07) is 4.80. The standard InChI is InChI=1S/C25H30N2O10/c1-14(2)22(24(30)35-6)26-19(11-15(3)12-20(28)34-5)21(23(26)29)16(4)37-25(31)36-13-17-7-9-18(10-8-17)27(32)33/h7-10,16,19,21H,3,11-13H2,1-2,4-6H3/t16-,19+,21+/m0/s1. The number of hydrogen-bond acceptors (Lipinski definition) is 10. The van der Waals surface area contributed by atoms with Gasteiger partial charge in [-0.1, -0.05) is 12.2 Å². The minimum absolute atomic E-state index is 0.0626. The zero-order valence-corrected chi connectivity index (χ0v) is 21.3. The summed E-state index contributed by atoms with van der Waals surface area (Å²) in [4.78, 5) is 61.0. The number of nitro benzene ring substituents is 1. The molecule has 3 atom stereocenters. The largest absolute Gasteiger partial charge is 0.508 e. The first-order valence-corrected chi connectivity index (χ1v) is 11.3. The smallest absolute Gasteiger partial charge is 0.469 e. The number of ether oxygens (including phenoxy) is 4. The van der Waals surface area contributed by atoms with E-state index in [1.165, 1.54) is 50.3 Å². The van der Waals surface area contributed by atoms with E-state index >= 15 is 0 Å². The molecule has 1 saturated heterocycles. The molecule has 2 rings (SSSR count). The van der Waals surface area contributed by atoms with E-state index in [0.29, 0.717) is 16.7 Å². The second-order valence-corrected chi connectivity index (χ2v) is 8.63. The summed E-state index contributed by atoms with van der Waals surface area (Å²) in [6.45, 7) is 8.51. The molecule has 0 radical (unpaired) electrons. The first-order valence-electron chi connectivity index (χ1n) is 11.3. The van der Waals surface area contributed by atoms with Crippen molar-refractivity contribution in [2.24, 2.45) is 5.92 Å². The molecule has 12 heteroatoms. The molecule has 1 aliphatic rings. The third-order valence-electron chi connectivity index (χ3n) is 5.77. The van der Waals surface area contributed by atoms with Crippen molar-refractivity contribution in [1.29, 1.82) is 0 Å². The van der Waals surface area contributed by atoms with Crippen molar-refractivity contribution in [2.75, 3.05) is 14.2 Å². The van der Waals surface area contributed by atoms with Gasteiger partial charge in [0.15, 0.2) is 0 Å². The van der Waals surface area contributed by atoms with Crippen LogP contribution in [0.3, 0.4) is 0 Å². The lowest BCUT2D eigenvalue weighted by Gasteiger charge is -2.49. The maximum Gasteiger partial charge on any atom is 0.508 e. The number of hydrogen-bond donors (Lipinski definition) is 0. The predicted octanol–water partition coefficient (Wildman–Crippen LogP) is 3.44. The Morgan fingerprint density at radius 3 is 2.27 bits per heavy atom. The van der Waals surface area contributed by atoms with Gasteiger partial charge in [-0.15, -0.1) is 0 Å². The Bertz CT molecular complexity index is 1100. The molecule has 0 saturated carbocycles. The minimum Gasteiger partial charge on any atom is -0.469 e. The van der Waals surface area contributed by atoms with Crippen LogP contribution < -0.4 is 0 Å². The number of nitro groups is 1. The summed E-state index contributed by atoms with van der Waals surface area (Å²) >= 11 is 0. The molecule has 0 aliphatic carbocycles. The topological polar surface area (TPSA) is 152 Å². The number of amides is 1. The van der Waals surface area contributed by atoms with Crippen molar-refractivity contribution in [3.05, 3.63) is 63.4 Å². The Labute approximate surface area is 213 Å². The van der Waals surface area contributed by atoms with Crippen molar-refractivity contribution < 1.29 is 43.0 Å². The molecular formula is C25H30N2O10. The Morgan fingerprint density at radius 1 is 1.14 bits per heavy atom. The number of methoxy groups -OCH3 is 2. The van der Waals surface area contributed by atoms with E-state index < -0.39 is 47.0 Å². The molecule has 1 amide bonds. The number of benzene rings is 1. The Hall–Kier alpha value is -4.22. The van der Waals surface area contributed by atoms with E-state index in [9.17, 15) is 29.3 Å². The quantitative estimate of drug-likeness (QED) is 0.0810. The maximum absolute atomic E-state index is 13.2. The van der Waals surface area contributed by atoms with Crippen LogP contribution >= 0.6 is 0 Å². The molecule has 1 aliphatic heterocycles. The first kappa shape index (κ1) is 29.0. The lowest BCUT2D eigenvalue weighted by Crippen LogP contribution is -2.65. The van der Waals surface area contributed by atoms with E-state index in [0.717, 1.165) is 0 Å². The number of likely N-dealkylation sites (tertiary alicyclic amines) is 1. The first-order chi connectivity index (χ1) is 17.4. The lowest BCUT2D eigenvalue weighted by molar-refractivity contribution is -0.384. The van der Waals surface area contributed by atoms with Crippen molar-refractivity contribution in [3.63, 3.8) is 0 Å². The normalized spacial score (nSPS) is 17.1. The maximum atomic E-state index is 13.2. The fraction of sp³-hybridized carbons (Fsp3) is 0.440. The van der Waals surface area contributed by atoms with Gasteiger partial charge in [-0.05, 0) is 50.5 Å². The lowest BCUT2D eigenvalue weighted by atomic mass is 9.78. The molecule has 1 aromatic rings. The van der Waals surface area contributed by atoms with Crippen molar-refractivity contribution in [3.8, 4) is 0 Å². The van der Waals surface area contributed by atoms with Crippen molar-refractivity contribution >= 4 is 29.7 Å². The van der Waals surface area contributed by atoms with Crippen LogP contribution in [0.15, 0.2) is 47.7 Å². The van der Waals surface area contributed by atoms with Crippen LogP contribution in [-0.2, 0) is 39.9 Å². The van der Waals surface area contributed by atoms with Gasteiger partial charge in [0.25, 0.3) is 5.69 Å². The molecule has 1 aromatic carbocycles. The number of nitrogens with zero attached hydrogens (tertiary/aromatic N) is 2. The molecule has 0 N–H and O–H groups in total. The summed E-state index contributed by atoms with van der Waals surface area (Å²) in [5.74, 6) is -2.52. The second kappa shape index (κ2) is 12.7. The SMILES string of the molecule is C=C(CC(=O)OC)C[C@@H]1[C@@H]([C@H](C)OC(=O)OCc2ccc([N+](=O)[O-])cc2)C(=O)N1C(C(=O)OC)=C(C)C. The molecule has 37 heavy (non-hydrogen) atoms. The number of allylic oxidation sites excluding steroid dienone is 1. The average Bonchev–Trinajstić information content (AvgIpc) is 2.84. The van der Waals surface area contributed by atoms with Crippen LogP contribution in [0.1, 0.15) is 39.2 Å². The fourth-order valence-corrected chi connectivity index (χ4v) is 3.97. The number of carbonyl (C=O) groups is 4. The molecule has 0 unspecified atom stereocenters. The molecule has 12 nitrogen and oxygen atoms in total. The number of carbonyl (C=O) groups excluding carboxylic acids is 4. The van der Waals surface area contributed by atoms with E-state index in [2.05, 4.69) is 11.3 Å². The van der Waals surface area contributed by atoms with E-state index in [1.54, 1.807) is 13.8 Å². The molecule has 1 fully saturated rings. The van der Waals surface area contributed by atoms with Gasteiger partial charge in [-0.2, -0.15) is 0 Å². The third kappa shape index (κ3) is 7.15. The van der Waals surface area contributed by atoms with Gasteiger partial charge in [0.05, 0.1) is 37.5 Å².